The first-order chi connectivity index (χ1) is 15.5. The molecule has 1 aliphatic rings. The number of halogens is 3. The van der Waals surface area contributed by atoms with Gasteiger partial charge in [-0.2, -0.15) is 0 Å². The first-order valence-electron chi connectivity index (χ1n) is 10.1. The van der Waals surface area contributed by atoms with E-state index in [0.717, 1.165) is 12.1 Å². The van der Waals surface area contributed by atoms with Crippen LogP contribution in [0.4, 0.5) is 10.1 Å². The Morgan fingerprint density at radius 2 is 1.73 bits per heavy atom. The second-order valence-corrected chi connectivity index (χ2v) is 12.8. The van der Waals surface area contributed by atoms with Crippen molar-refractivity contribution in [2.75, 3.05) is 11.0 Å². The van der Waals surface area contributed by atoms with Gasteiger partial charge in [0, 0.05) is 23.9 Å². The SMILES string of the molecule is CS(=O)(=O)C1CCC(Oc2ccc(S(=O)(=O)Nc3ccc(Cl)c4c(Cl)c[nH]c34)c(F)c2)CC1. The number of hydrogen-bond donors (Lipinski definition) is 2. The number of nitrogens with one attached hydrogen (secondary N) is 2. The summed E-state index contributed by atoms with van der Waals surface area (Å²) < 4.78 is 72.0. The Bertz CT molecular complexity index is 1420. The Morgan fingerprint density at radius 1 is 1.03 bits per heavy atom. The highest BCUT2D eigenvalue weighted by Crippen LogP contribution is 2.36. The second-order valence-electron chi connectivity index (χ2n) is 8.03. The number of hydrogen-bond acceptors (Lipinski definition) is 5. The van der Waals surface area contributed by atoms with Crippen LogP contribution >= 0.6 is 23.2 Å². The van der Waals surface area contributed by atoms with E-state index in [1.54, 1.807) is 0 Å². The van der Waals surface area contributed by atoms with Gasteiger partial charge in [-0.15, -0.1) is 0 Å². The van der Waals surface area contributed by atoms with Crippen molar-refractivity contribution in [3.05, 3.63) is 52.4 Å². The number of sulfone groups is 1. The van der Waals surface area contributed by atoms with Crippen LogP contribution in [0.2, 0.25) is 10.0 Å². The molecule has 2 aromatic carbocycles. The van der Waals surface area contributed by atoms with Crippen LogP contribution in [0, 0.1) is 5.82 Å². The molecule has 0 radical (unpaired) electrons. The number of H-pyrrole nitrogens is 1. The smallest absolute Gasteiger partial charge is 0.264 e. The molecule has 0 spiro atoms. The lowest BCUT2D eigenvalue weighted by molar-refractivity contribution is 0.155. The molecule has 1 fully saturated rings. The minimum atomic E-state index is -4.27. The Balaban J connectivity index is 1.51. The van der Waals surface area contributed by atoms with E-state index >= 15 is 0 Å². The Labute approximate surface area is 201 Å². The summed E-state index contributed by atoms with van der Waals surface area (Å²) >= 11 is 12.2. The maximum atomic E-state index is 14.8. The van der Waals surface area contributed by atoms with E-state index in [-0.39, 0.29) is 22.8 Å². The number of fused-ring (bicyclic) bond motifs is 1. The first-order valence-corrected chi connectivity index (χ1v) is 14.3. The van der Waals surface area contributed by atoms with Crippen LogP contribution in [0.25, 0.3) is 10.9 Å². The number of sulfonamides is 1. The monoisotopic (exact) mass is 534 g/mol. The van der Waals surface area contributed by atoms with Crippen LogP contribution in [0.5, 0.6) is 5.75 Å². The maximum absolute atomic E-state index is 14.8. The number of aromatic amines is 1. The highest BCUT2D eigenvalue weighted by atomic mass is 35.5. The molecule has 0 bridgehead atoms. The molecule has 33 heavy (non-hydrogen) atoms. The molecule has 1 saturated carbocycles. The largest absolute Gasteiger partial charge is 0.490 e. The van der Waals surface area contributed by atoms with Crippen LogP contribution in [0.3, 0.4) is 0 Å². The van der Waals surface area contributed by atoms with Crippen LogP contribution < -0.4 is 9.46 Å². The lowest BCUT2D eigenvalue weighted by Crippen LogP contribution is -2.31. The summed E-state index contributed by atoms with van der Waals surface area (Å²) in [4.78, 5) is 2.31. The fourth-order valence-corrected chi connectivity index (χ4v) is 6.82. The molecule has 0 unspecified atom stereocenters. The zero-order chi connectivity index (χ0) is 24.0. The van der Waals surface area contributed by atoms with Crippen molar-refractivity contribution in [1.82, 2.24) is 4.98 Å². The lowest BCUT2D eigenvalue weighted by atomic mass is 9.97. The fourth-order valence-electron chi connectivity index (χ4n) is 4.00. The molecule has 12 heteroatoms. The summed E-state index contributed by atoms with van der Waals surface area (Å²) in [5.74, 6) is -0.793. The summed E-state index contributed by atoms with van der Waals surface area (Å²) in [5.41, 5.74) is 0.546. The van der Waals surface area contributed by atoms with Crippen LogP contribution in [-0.2, 0) is 19.9 Å². The highest BCUT2D eigenvalue weighted by Gasteiger charge is 2.29. The van der Waals surface area contributed by atoms with Gasteiger partial charge in [0.05, 0.1) is 32.6 Å². The van der Waals surface area contributed by atoms with Gasteiger partial charge in [0.2, 0.25) is 0 Å². The maximum Gasteiger partial charge on any atom is 0.264 e. The first kappa shape index (κ1) is 24.1. The minimum Gasteiger partial charge on any atom is -0.490 e. The van der Waals surface area contributed by atoms with Gasteiger partial charge in [-0.1, -0.05) is 23.2 Å². The topological polar surface area (TPSA) is 105 Å². The van der Waals surface area contributed by atoms with Gasteiger partial charge in [0.1, 0.15) is 26.3 Å². The molecule has 0 atom stereocenters. The zero-order valence-corrected chi connectivity index (χ0v) is 20.6. The van der Waals surface area contributed by atoms with E-state index in [1.807, 2.05) is 0 Å². The number of ether oxygens (including phenoxy) is 1. The lowest BCUT2D eigenvalue weighted by Gasteiger charge is -2.28. The molecule has 178 valence electrons. The third-order valence-corrected chi connectivity index (χ3v) is 9.40. The Morgan fingerprint density at radius 3 is 2.36 bits per heavy atom. The number of aromatic nitrogens is 1. The Hall–Kier alpha value is -2.01. The van der Waals surface area contributed by atoms with Crippen molar-refractivity contribution in [3.8, 4) is 5.75 Å². The molecule has 4 rings (SSSR count). The number of rotatable bonds is 6. The van der Waals surface area contributed by atoms with Crippen LogP contribution in [0.1, 0.15) is 25.7 Å². The summed E-state index contributed by atoms with van der Waals surface area (Å²) in [7, 11) is -7.36. The van der Waals surface area contributed by atoms with E-state index in [1.165, 1.54) is 30.7 Å². The highest BCUT2D eigenvalue weighted by molar-refractivity contribution is 7.92. The fraction of sp³-hybridized carbons (Fsp3) is 0.333. The zero-order valence-electron chi connectivity index (χ0n) is 17.4. The molecule has 0 saturated heterocycles. The van der Waals surface area contributed by atoms with E-state index < -0.39 is 30.6 Å². The molecular weight excluding hydrogens is 514 g/mol. The quantitative estimate of drug-likeness (QED) is 0.454. The van der Waals surface area contributed by atoms with Gasteiger partial charge in [0.15, 0.2) is 0 Å². The van der Waals surface area contributed by atoms with Crippen molar-refractivity contribution in [2.45, 2.75) is 41.9 Å². The molecular formula is C21H21Cl2FN2O5S2. The van der Waals surface area contributed by atoms with Gasteiger partial charge < -0.3 is 9.72 Å². The molecule has 0 amide bonds. The van der Waals surface area contributed by atoms with Crippen molar-refractivity contribution >= 4 is 59.7 Å². The van der Waals surface area contributed by atoms with Crippen molar-refractivity contribution in [2.24, 2.45) is 0 Å². The van der Waals surface area contributed by atoms with Crippen LogP contribution in [0.15, 0.2) is 41.4 Å². The van der Waals surface area contributed by atoms with Gasteiger partial charge in [-0.3, -0.25) is 4.72 Å². The van der Waals surface area contributed by atoms with Crippen molar-refractivity contribution < 1.29 is 26.0 Å². The predicted molar refractivity (Wildman–Crippen MR) is 127 cm³/mol. The molecule has 1 heterocycles. The molecule has 1 aromatic heterocycles. The summed E-state index contributed by atoms with van der Waals surface area (Å²) in [5, 5.41) is 0.738. The Kier molecular flexibility index (Phi) is 6.56. The number of benzene rings is 2. The van der Waals surface area contributed by atoms with E-state index in [4.69, 9.17) is 27.9 Å². The summed E-state index contributed by atoms with van der Waals surface area (Å²) in [6.07, 6.45) is 4.43. The van der Waals surface area contributed by atoms with Crippen molar-refractivity contribution in [3.63, 3.8) is 0 Å². The van der Waals surface area contributed by atoms with Gasteiger partial charge in [0.25, 0.3) is 10.0 Å². The van der Waals surface area contributed by atoms with E-state index in [0.29, 0.717) is 46.6 Å². The van der Waals surface area contributed by atoms with Crippen molar-refractivity contribution in [1.29, 1.82) is 0 Å². The third kappa shape index (κ3) is 5.08. The third-order valence-electron chi connectivity index (χ3n) is 5.70. The molecule has 1 aliphatic carbocycles. The summed E-state index contributed by atoms with van der Waals surface area (Å²) in [6, 6.07) is 6.47. The number of anilines is 1. The second kappa shape index (κ2) is 8.98. The average Bonchev–Trinajstić information content (AvgIpc) is 3.12. The van der Waals surface area contributed by atoms with E-state index in [9.17, 15) is 21.2 Å². The van der Waals surface area contributed by atoms with Gasteiger partial charge in [-0.25, -0.2) is 21.2 Å². The van der Waals surface area contributed by atoms with Gasteiger partial charge in [-0.05, 0) is 49.9 Å². The van der Waals surface area contributed by atoms with Gasteiger partial charge >= 0.3 is 0 Å². The average molecular weight is 535 g/mol. The molecule has 0 aliphatic heterocycles. The standard InChI is InChI=1S/C21H21Cl2FN2O5S2/c1-32(27,28)14-5-2-12(3-6-14)31-13-4-9-19(17(24)10-13)33(29,30)26-18-8-7-15(22)20-16(23)11-25-21(18)20/h4,7-12,14,25-26H,2-3,5-6H2,1H3. The molecule has 3 aromatic rings. The molecule has 7 nitrogen and oxygen atoms in total. The van der Waals surface area contributed by atoms with Crippen LogP contribution in [-0.4, -0.2) is 39.4 Å². The minimum absolute atomic E-state index is 0.170. The van der Waals surface area contributed by atoms with E-state index in [2.05, 4.69) is 9.71 Å². The normalized spacial score (nSPS) is 19.5. The molecule has 2 N–H and O–H groups in total. The predicted octanol–water partition coefficient (Wildman–Crippen LogP) is 5.15. The summed E-state index contributed by atoms with van der Waals surface area (Å²) in [6.45, 7) is 0.